The molecule has 0 unspecified atom stereocenters. The zero-order valence-corrected chi connectivity index (χ0v) is 14.4. The summed E-state index contributed by atoms with van der Waals surface area (Å²) < 4.78 is 5.14. The first-order chi connectivity index (χ1) is 12.6. The van der Waals surface area contributed by atoms with Crippen molar-refractivity contribution in [1.29, 1.82) is 0 Å². The Hall–Kier alpha value is -3.41. The van der Waals surface area contributed by atoms with Crippen molar-refractivity contribution in [3.63, 3.8) is 0 Å². The van der Waals surface area contributed by atoms with E-state index in [2.05, 4.69) is 4.98 Å². The molecule has 6 nitrogen and oxygen atoms in total. The Labute approximate surface area is 151 Å². The van der Waals surface area contributed by atoms with Crippen LogP contribution in [0.25, 0.3) is 10.8 Å². The summed E-state index contributed by atoms with van der Waals surface area (Å²) in [5.41, 5.74) is 6.59. The van der Waals surface area contributed by atoms with E-state index in [9.17, 15) is 9.59 Å². The lowest BCUT2D eigenvalue weighted by atomic mass is 10.1. The minimum absolute atomic E-state index is 0.0753. The number of pyridine rings is 1. The van der Waals surface area contributed by atoms with Crippen LogP contribution < -0.4 is 10.6 Å². The van der Waals surface area contributed by atoms with Crippen LogP contribution in [0.3, 0.4) is 0 Å². The Morgan fingerprint density at radius 1 is 1.08 bits per heavy atom. The van der Waals surface area contributed by atoms with Crippen LogP contribution in [-0.4, -0.2) is 30.0 Å². The summed E-state index contributed by atoms with van der Waals surface area (Å²) in [6, 6.07) is 16.7. The summed E-state index contributed by atoms with van der Waals surface area (Å²) in [6.07, 6.45) is 1.48. The second-order valence-electron chi connectivity index (χ2n) is 5.65. The van der Waals surface area contributed by atoms with Crippen LogP contribution in [0, 0.1) is 0 Å². The average molecular weight is 349 g/mol. The number of rotatable bonds is 5. The molecule has 6 heteroatoms. The van der Waals surface area contributed by atoms with E-state index in [-0.39, 0.29) is 23.9 Å². The SMILES string of the molecule is CCN(C(=O)COC(=O)c1cccnc1N)c1cccc2ccccc12. The zero-order valence-electron chi connectivity index (χ0n) is 14.4. The number of fused-ring (bicyclic) bond motifs is 1. The quantitative estimate of drug-likeness (QED) is 0.716. The maximum atomic E-state index is 12.6. The molecule has 0 radical (unpaired) electrons. The standard InChI is InChI=1S/C20H19N3O3/c1-2-23(17-11-5-8-14-7-3-4-9-15(14)17)18(24)13-26-20(25)16-10-6-12-22-19(16)21/h3-12H,2,13H2,1H3,(H2,21,22). The van der Waals surface area contributed by atoms with E-state index in [4.69, 9.17) is 10.5 Å². The normalized spacial score (nSPS) is 10.5. The van der Waals surface area contributed by atoms with Gasteiger partial charge in [0.05, 0.1) is 5.69 Å². The Morgan fingerprint density at radius 3 is 2.62 bits per heavy atom. The van der Waals surface area contributed by atoms with E-state index in [1.165, 1.54) is 12.3 Å². The van der Waals surface area contributed by atoms with Crippen molar-refractivity contribution in [1.82, 2.24) is 4.98 Å². The smallest absolute Gasteiger partial charge is 0.342 e. The van der Waals surface area contributed by atoms with Crippen molar-refractivity contribution >= 4 is 34.2 Å². The highest BCUT2D eigenvalue weighted by Crippen LogP contribution is 2.26. The summed E-state index contributed by atoms with van der Waals surface area (Å²) in [5, 5.41) is 2.00. The van der Waals surface area contributed by atoms with Gasteiger partial charge in [-0.05, 0) is 30.5 Å². The summed E-state index contributed by atoms with van der Waals surface area (Å²) in [6.45, 7) is 1.96. The fourth-order valence-corrected chi connectivity index (χ4v) is 2.80. The van der Waals surface area contributed by atoms with E-state index in [0.29, 0.717) is 6.54 Å². The van der Waals surface area contributed by atoms with Gasteiger partial charge in [-0.3, -0.25) is 4.79 Å². The zero-order chi connectivity index (χ0) is 18.5. The van der Waals surface area contributed by atoms with Gasteiger partial charge in [0.1, 0.15) is 11.4 Å². The van der Waals surface area contributed by atoms with Crippen molar-refractivity contribution in [2.75, 3.05) is 23.8 Å². The summed E-state index contributed by atoms with van der Waals surface area (Å²) in [7, 11) is 0. The number of esters is 1. The molecule has 1 amide bonds. The van der Waals surface area contributed by atoms with Crippen LogP contribution in [0.4, 0.5) is 11.5 Å². The lowest BCUT2D eigenvalue weighted by Gasteiger charge is -2.22. The number of aromatic nitrogens is 1. The van der Waals surface area contributed by atoms with Gasteiger partial charge < -0.3 is 15.4 Å². The fourth-order valence-electron chi connectivity index (χ4n) is 2.80. The molecule has 2 N–H and O–H groups in total. The van der Waals surface area contributed by atoms with Crippen LogP contribution in [0.2, 0.25) is 0 Å². The van der Waals surface area contributed by atoms with Crippen LogP contribution in [-0.2, 0) is 9.53 Å². The van der Waals surface area contributed by atoms with Crippen LogP contribution in [0.15, 0.2) is 60.8 Å². The fraction of sp³-hybridized carbons (Fsp3) is 0.150. The highest BCUT2D eigenvalue weighted by molar-refractivity contribution is 6.05. The summed E-state index contributed by atoms with van der Waals surface area (Å²) >= 11 is 0. The number of amides is 1. The van der Waals surface area contributed by atoms with Gasteiger partial charge in [-0.25, -0.2) is 9.78 Å². The third-order valence-corrected chi connectivity index (χ3v) is 4.06. The van der Waals surface area contributed by atoms with E-state index < -0.39 is 5.97 Å². The molecule has 0 bridgehead atoms. The molecule has 0 saturated carbocycles. The van der Waals surface area contributed by atoms with Crippen LogP contribution >= 0.6 is 0 Å². The number of nitrogens with zero attached hydrogens (tertiary/aromatic N) is 2. The monoisotopic (exact) mass is 349 g/mol. The number of nitrogen functional groups attached to an aromatic ring is 1. The summed E-state index contributed by atoms with van der Waals surface area (Å²) in [4.78, 5) is 30.2. The second-order valence-corrected chi connectivity index (χ2v) is 5.65. The van der Waals surface area contributed by atoms with Gasteiger partial charge in [-0.1, -0.05) is 36.4 Å². The lowest BCUT2D eigenvalue weighted by Crippen LogP contribution is -2.34. The van der Waals surface area contributed by atoms with Crippen molar-refractivity contribution < 1.29 is 14.3 Å². The minimum atomic E-state index is -0.669. The first kappa shape index (κ1) is 17.4. The number of carbonyl (C=O) groups is 2. The Balaban J connectivity index is 1.77. The van der Waals surface area contributed by atoms with Crippen molar-refractivity contribution in [2.24, 2.45) is 0 Å². The van der Waals surface area contributed by atoms with E-state index >= 15 is 0 Å². The number of hydrogen-bond donors (Lipinski definition) is 1. The molecule has 0 aliphatic carbocycles. The first-order valence-electron chi connectivity index (χ1n) is 8.27. The molecule has 0 saturated heterocycles. The Kier molecular flexibility index (Phi) is 5.12. The van der Waals surface area contributed by atoms with Gasteiger partial charge in [0.2, 0.25) is 0 Å². The Bertz CT molecular complexity index is 950. The molecule has 2 aromatic carbocycles. The van der Waals surface area contributed by atoms with Crippen molar-refractivity contribution in [3.05, 3.63) is 66.4 Å². The Morgan fingerprint density at radius 2 is 1.85 bits per heavy atom. The largest absolute Gasteiger partial charge is 0.452 e. The predicted octanol–water partition coefficient (Wildman–Crippen LogP) is 3.03. The predicted molar refractivity (Wildman–Crippen MR) is 101 cm³/mol. The summed E-state index contributed by atoms with van der Waals surface area (Å²) in [5.74, 6) is -0.899. The van der Waals surface area contributed by atoms with Gasteiger partial charge >= 0.3 is 5.97 Å². The first-order valence-corrected chi connectivity index (χ1v) is 8.27. The second kappa shape index (κ2) is 7.65. The molecule has 1 aromatic heterocycles. The number of benzene rings is 2. The molecular formula is C20H19N3O3. The number of anilines is 2. The number of ether oxygens (including phenoxy) is 1. The molecule has 0 aliphatic heterocycles. The number of likely N-dealkylation sites (N-methyl/N-ethyl adjacent to an activating group) is 1. The number of nitrogens with two attached hydrogens (primary N) is 1. The van der Waals surface area contributed by atoms with E-state index in [0.717, 1.165) is 16.5 Å². The lowest BCUT2D eigenvalue weighted by molar-refractivity contribution is -0.121. The molecule has 26 heavy (non-hydrogen) atoms. The average Bonchev–Trinajstić information content (AvgIpc) is 2.67. The molecule has 3 rings (SSSR count). The van der Waals surface area contributed by atoms with E-state index in [1.807, 2.05) is 49.4 Å². The van der Waals surface area contributed by atoms with Gasteiger partial charge in [-0.15, -0.1) is 0 Å². The minimum Gasteiger partial charge on any atom is -0.452 e. The molecule has 1 heterocycles. The highest BCUT2D eigenvalue weighted by Gasteiger charge is 2.19. The molecule has 0 fully saturated rings. The van der Waals surface area contributed by atoms with Gasteiger partial charge in [-0.2, -0.15) is 0 Å². The van der Waals surface area contributed by atoms with Crippen molar-refractivity contribution in [3.8, 4) is 0 Å². The maximum absolute atomic E-state index is 12.6. The van der Waals surface area contributed by atoms with Crippen LogP contribution in [0.5, 0.6) is 0 Å². The van der Waals surface area contributed by atoms with Gasteiger partial charge in [0.15, 0.2) is 6.61 Å². The molecule has 132 valence electrons. The molecule has 3 aromatic rings. The molecule has 0 spiro atoms. The highest BCUT2D eigenvalue weighted by atomic mass is 16.5. The molecule has 0 atom stereocenters. The van der Waals surface area contributed by atoms with Gasteiger partial charge in [0.25, 0.3) is 5.91 Å². The van der Waals surface area contributed by atoms with Crippen LogP contribution in [0.1, 0.15) is 17.3 Å². The van der Waals surface area contributed by atoms with Gasteiger partial charge in [0, 0.05) is 18.1 Å². The third kappa shape index (κ3) is 3.49. The number of carbonyl (C=O) groups excluding carboxylic acids is 2. The number of hydrogen-bond acceptors (Lipinski definition) is 5. The van der Waals surface area contributed by atoms with Crippen molar-refractivity contribution in [2.45, 2.75) is 6.92 Å². The topological polar surface area (TPSA) is 85.5 Å². The maximum Gasteiger partial charge on any atom is 0.342 e. The third-order valence-electron chi connectivity index (χ3n) is 4.06. The van der Waals surface area contributed by atoms with E-state index in [1.54, 1.807) is 11.0 Å². The molecule has 0 aliphatic rings. The molecular weight excluding hydrogens is 330 g/mol.